The average molecular weight is 256 g/mol. The van der Waals surface area contributed by atoms with Gasteiger partial charge >= 0.3 is 11.9 Å². The van der Waals surface area contributed by atoms with E-state index in [0.29, 0.717) is 6.07 Å². The lowest BCUT2D eigenvalue weighted by Gasteiger charge is -2.09. The third-order valence-electron chi connectivity index (χ3n) is 2.11. The van der Waals surface area contributed by atoms with E-state index in [1.54, 1.807) is 0 Å². The second kappa shape index (κ2) is 5.26. The molecule has 1 aromatic carbocycles. The minimum absolute atomic E-state index is 0.357. The van der Waals surface area contributed by atoms with Crippen molar-refractivity contribution in [3.63, 3.8) is 0 Å². The number of hydrogen-bond acceptors (Lipinski definition) is 5. The Morgan fingerprint density at radius 1 is 1.22 bits per heavy atom. The Kier molecular flexibility index (Phi) is 3.98. The number of methoxy groups -OCH3 is 2. The molecule has 0 unspecified atom stereocenters. The van der Waals surface area contributed by atoms with Gasteiger partial charge in [-0.1, -0.05) is 0 Å². The second-order valence-corrected chi connectivity index (χ2v) is 3.16. The second-order valence-electron chi connectivity index (χ2n) is 3.16. The normalized spacial score (nSPS) is 9.72. The summed E-state index contributed by atoms with van der Waals surface area (Å²) in [6.07, 6.45) is 0. The van der Waals surface area contributed by atoms with Gasteiger partial charge in [-0.2, -0.15) is 0 Å². The summed E-state index contributed by atoms with van der Waals surface area (Å²) in [4.78, 5) is 33.1. The lowest BCUT2D eigenvalue weighted by molar-refractivity contribution is -0.131. The number of carboxylic acids is 1. The van der Waals surface area contributed by atoms with E-state index in [0.717, 1.165) is 20.3 Å². The molecule has 0 radical (unpaired) electrons. The molecule has 0 saturated heterocycles. The lowest BCUT2D eigenvalue weighted by Crippen LogP contribution is -2.15. The molecule has 96 valence electrons. The molecular weight excluding hydrogens is 247 g/mol. The van der Waals surface area contributed by atoms with Crippen molar-refractivity contribution in [1.82, 2.24) is 0 Å². The van der Waals surface area contributed by atoms with E-state index in [4.69, 9.17) is 5.11 Å². The number of Topliss-reactive ketones (excluding diaryl/α,β-unsaturated/α-hetero) is 1. The highest BCUT2D eigenvalue weighted by Gasteiger charge is 2.23. The molecule has 0 aliphatic rings. The van der Waals surface area contributed by atoms with Gasteiger partial charge in [0.05, 0.1) is 14.2 Å². The fourth-order valence-corrected chi connectivity index (χ4v) is 1.32. The first-order chi connectivity index (χ1) is 8.42. The van der Waals surface area contributed by atoms with Crippen LogP contribution in [0.1, 0.15) is 20.7 Å². The first-order valence-corrected chi connectivity index (χ1v) is 4.65. The van der Waals surface area contributed by atoms with Crippen LogP contribution in [0.15, 0.2) is 12.1 Å². The summed E-state index contributed by atoms with van der Waals surface area (Å²) in [5.74, 6) is -5.46. The smallest absolute Gasteiger partial charge is 0.377 e. The van der Waals surface area contributed by atoms with Crippen LogP contribution in [-0.2, 0) is 9.53 Å². The summed E-state index contributed by atoms with van der Waals surface area (Å²) in [5, 5.41) is 8.52. The highest BCUT2D eigenvalue weighted by atomic mass is 19.1. The van der Waals surface area contributed by atoms with Gasteiger partial charge in [0.25, 0.3) is 5.78 Å². The fraction of sp³-hybridized carbons (Fsp3) is 0.182. The Bertz CT molecular complexity index is 523. The number of carbonyl (C=O) groups excluding carboxylic acids is 2. The summed E-state index contributed by atoms with van der Waals surface area (Å²) >= 11 is 0. The van der Waals surface area contributed by atoms with Gasteiger partial charge in [0.1, 0.15) is 5.56 Å². The molecule has 0 heterocycles. The zero-order valence-corrected chi connectivity index (χ0v) is 9.52. The van der Waals surface area contributed by atoms with Crippen LogP contribution in [0.4, 0.5) is 4.39 Å². The molecule has 0 spiro atoms. The van der Waals surface area contributed by atoms with Crippen molar-refractivity contribution < 1.29 is 33.4 Å². The Labute approximate surface area is 101 Å². The van der Waals surface area contributed by atoms with Crippen LogP contribution in [-0.4, -0.2) is 37.0 Å². The molecule has 6 nitrogen and oxygen atoms in total. The number of ether oxygens (including phenoxy) is 2. The standard InChI is InChI=1S/C11H9FO6/c1-17-9-6(11(16)18-2)3-5(4-7(9)12)8(13)10(14)15/h3-4H,1-2H3,(H,14,15). The lowest BCUT2D eigenvalue weighted by atomic mass is 10.1. The molecule has 18 heavy (non-hydrogen) atoms. The number of carbonyl (C=O) groups is 3. The molecule has 0 fully saturated rings. The summed E-state index contributed by atoms with van der Waals surface area (Å²) in [7, 11) is 2.19. The SMILES string of the molecule is COC(=O)c1cc(C(=O)C(=O)O)cc(F)c1OC. The molecule has 1 rings (SSSR count). The average Bonchev–Trinajstić information content (AvgIpc) is 2.35. The summed E-state index contributed by atoms with van der Waals surface area (Å²) in [5.41, 5.74) is -0.828. The molecule has 0 aromatic heterocycles. The summed E-state index contributed by atoms with van der Waals surface area (Å²) in [6, 6.07) is 1.59. The van der Waals surface area contributed by atoms with E-state index in [-0.39, 0.29) is 5.56 Å². The predicted octanol–water partition coefficient (Wildman–Crippen LogP) is 0.888. The molecule has 0 saturated carbocycles. The van der Waals surface area contributed by atoms with E-state index in [2.05, 4.69) is 9.47 Å². The maximum atomic E-state index is 13.6. The predicted molar refractivity (Wildman–Crippen MR) is 56.3 cm³/mol. The minimum atomic E-state index is -1.75. The first-order valence-electron chi connectivity index (χ1n) is 4.65. The van der Waals surface area contributed by atoms with E-state index in [1.165, 1.54) is 0 Å². The topological polar surface area (TPSA) is 89.9 Å². The van der Waals surface area contributed by atoms with Gasteiger partial charge in [-0.25, -0.2) is 14.0 Å². The van der Waals surface area contributed by atoms with Crippen molar-refractivity contribution in [2.45, 2.75) is 0 Å². The number of hydrogen-bond donors (Lipinski definition) is 1. The van der Waals surface area contributed by atoms with Crippen LogP contribution in [0.2, 0.25) is 0 Å². The Balaban J connectivity index is 3.44. The third-order valence-corrected chi connectivity index (χ3v) is 2.11. The molecule has 0 bridgehead atoms. The molecule has 0 aliphatic heterocycles. The van der Waals surface area contributed by atoms with Crippen LogP contribution >= 0.6 is 0 Å². The van der Waals surface area contributed by atoms with Gasteiger partial charge in [-0.3, -0.25) is 4.79 Å². The van der Waals surface area contributed by atoms with E-state index >= 15 is 0 Å². The molecule has 0 atom stereocenters. The van der Waals surface area contributed by atoms with Gasteiger partial charge in [-0.05, 0) is 12.1 Å². The monoisotopic (exact) mass is 256 g/mol. The van der Waals surface area contributed by atoms with Gasteiger partial charge in [0.15, 0.2) is 11.6 Å². The van der Waals surface area contributed by atoms with Crippen LogP contribution in [0.3, 0.4) is 0 Å². The third kappa shape index (κ3) is 2.45. The number of esters is 1. The van der Waals surface area contributed by atoms with E-state index in [1.807, 2.05) is 0 Å². The molecule has 7 heteroatoms. The van der Waals surface area contributed by atoms with Crippen LogP contribution < -0.4 is 4.74 Å². The van der Waals surface area contributed by atoms with Crippen molar-refractivity contribution in [3.8, 4) is 5.75 Å². The molecule has 1 aromatic rings. The van der Waals surface area contributed by atoms with Crippen LogP contribution in [0.25, 0.3) is 0 Å². The summed E-state index contributed by atoms with van der Waals surface area (Å²) in [6.45, 7) is 0. The number of benzene rings is 1. The van der Waals surface area contributed by atoms with Crippen LogP contribution in [0, 0.1) is 5.82 Å². The van der Waals surface area contributed by atoms with Crippen LogP contribution in [0.5, 0.6) is 5.75 Å². The molecule has 0 amide bonds. The fourth-order valence-electron chi connectivity index (χ4n) is 1.32. The molecular formula is C11H9FO6. The summed E-state index contributed by atoms with van der Waals surface area (Å²) < 4.78 is 22.6. The highest BCUT2D eigenvalue weighted by Crippen LogP contribution is 2.25. The number of ketones is 1. The van der Waals surface area contributed by atoms with Crippen molar-refractivity contribution in [3.05, 3.63) is 29.1 Å². The number of carboxylic acid groups (broad SMARTS) is 1. The number of halogens is 1. The van der Waals surface area contributed by atoms with E-state index in [9.17, 15) is 18.8 Å². The number of rotatable bonds is 4. The largest absolute Gasteiger partial charge is 0.493 e. The van der Waals surface area contributed by atoms with Gasteiger partial charge in [0.2, 0.25) is 0 Å². The minimum Gasteiger partial charge on any atom is -0.493 e. The zero-order valence-electron chi connectivity index (χ0n) is 9.52. The maximum Gasteiger partial charge on any atom is 0.377 e. The van der Waals surface area contributed by atoms with Crippen molar-refractivity contribution >= 4 is 17.7 Å². The van der Waals surface area contributed by atoms with Gasteiger partial charge in [-0.15, -0.1) is 0 Å². The molecule has 1 N–H and O–H groups in total. The highest BCUT2D eigenvalue weighted by molar-refractivity contribution is 6.40. The van der Waals surface area contributed by atoms with Crippen molar-refractivity contribution in [2.75, 3.05) is 14.2 Å². The Hall–Kier alpha value is -2.44. The zero-order chi connectivity index (χ0) is 13.9. The maximum absolute atomic E-state index is 13.6. The van der Waals surface area contributed by atoms with Gasteiger partial charge in [0, 0.05) is 5.56 Å². The molecule has 0 aliphatic carbocycles. The van der Waals surface area contributed by atoms with Crippen molar-refractivity contribution in [2.24, 2.45) is 0 Å². The number of aliphatic carboxylic acids is 1. The first kappa shape index (κ1) is 13.6. The van der Waals surface area contributed by atoms with E-state index < -0.39 is 34.9 Å². The Morgan fingerprint density at radius 3 is 2.28 bits per heavy atom. The quantitative estimate of drug-likeness (QED) is 0.488. The van der Waals surface area contributed by atoms with Crippen molar-refractivity contribution in [1.29, 1.82) is 0 Å². The Morgan fingerprint density at radius 2 is 1.83 bits per heavy atom. The van der Waals surface area contributed by atoms with Gasteiger partial charge < -0.3 is 14.6 Å².